The first-order valence-corrected chi connectivity index (χ1v) is 12.7. The van der Waals surface area contributed by atoms with Gasteiger partial charge in [-0.2, -0.15) is 0 Å². The Balaban J connectivity index is 1.34. The highest BCUT2D eigenvalue weighted by molar-refractivity contribution is 7.92. The standard InChI is InChI=1S/C25H25ClN2O5S/c1-32-24-14-9-18(15-22(24)26)28-34(30,31)20-12-10-19(11-13-20)33-16-25(29)27-23-8-4-6-17-5-2-3-7-21(17)23/h2-3,5,7,9-15,23,28H,4,6,8,16H2,1H3,(H,27,29)/t23-/m1/s1. The molecule has 0 heterocycles. The quantitative estimate of drug-likeness (QED) is 0.466. The number of anilines is 1. The van der Waals surface area contributed by atoms with Crippen LogP contribution in [0.3, 0.4) is 0 Å². The molecule has 0 spiro atoms. The Morgan fingerprint density at radius 3 is 2.59 bits per heavy atom. The van der Waals surface area contributed by atoms with E-state index in [1.807, 2.05) is 18.2 Å². The molecule has 178 valence electrons. The molecule has 0 aliphatic heterocycles. The Labute approximate surface area is 204 Å². The minimum absolute atomic E-state index is 0.0221. The van der Waals surface area contributed by atoms with Gasteiger partial charge in [0, 0.05) is 0 Å². The molecule has 0 fully saturated rings. The van der Waals surface area contributed by atoms with Crippen LogP contribution in [0.1, 0.15) is 30.0 Å². The molecule has 3 aromatic rings. The number of ether oxygens (including phenoxy) is 2. The lowest BCUT2D eigenvalue weighted by atomic mass is 9.88. The van der Waals surface area contributed by atoms with Crippen molar-refractivity contribution in [2.24, 2.45) is 0 Å². The Kier molecular flexibility index (Phi) is 7.29. The fraction of sp³-hybridized carbons (Fsp3) is 0.240. The fourth-order valence-electron chi connectivity index (χ4n) is 3.95. The largest absolute Gasteiger partial charge is 0.495 e. The minimum Gasteiger partial charge on any atom is -0.495 e. The van der Waals surface area contributed by atoms with E-state index in [1.54, 1.807) is 12.1 Å². The van der Waals surface area contributed by atoms with Crippen LogP contribution in [0, 0.1) is 0 Å². The number of halogens is 1. The summed E-state index contributed by atoms with van der Waals surface area (Å²) in [5.74, 6) is 0.616. The normalized spacial score (nSPS) is 15.2. The Bertz CT molecular complexity index is 1280. The summed E-state index contributed by atoms with van der Waals surface area (Å²) >= 11 is 6.06. The number of hydrogen-bond acceptors (Lipinski definition) is 5. The number of fused-ring (bicyclic) bond motifs is 1. The number of nitrogens with one attached hydrogen (secondary N) is 2. The van der Waals surface area contributed by atoms with Crippen molar-refractivity contribution in [1.29, 1.82) is 0 Å². The van der Waals surface area contributed by atoms with E-state index in [-0.39, 0.29) is 23.5 Å². The zero-order valence-corrected chi connectivity index (χ0v) is 20.2. The van der Waals surface area contributed by atoms with Crippen LogP contribution in [-0.2, 0) is 21.2 Å². The number of carbonyl (C=O) groups is 1. The van der Waals surface area contributed by atoms with Gasteiger partial charge in [-0.3, -0.25) is 9.52 Å². The lowest BCUT2D eigenvalue weighted by molar-refractivity contribution is -0.124. The molecule has 0 bridgehead atoms. The molecule has 0 unspecified atom stereocenters. The van der Waals surface area contributed by atoms with Gasteiger partial charge in [0.2, 0.25) is 0 Å². The molecule has 34 heavy (non-hydrogen) atoms. The molecule has 0 aromatic heterocycles. The van der Waals surface area contributed by atoms with Crippen molar-refractivity contribution < 1.29 is 22.7 Å². The maximum absolute atomic E-state index is 12.7. The molecule has 1 amide bonds. The van der Waals surface area contributed by atoms with E-state index < -0.39 is 10.0 Å². The molecular weight excluding hydrogens is 476 g/mol. The summed E-state index contributed by atoms with van der Waals surface area (Å²) in [5, 5.41) is 3.32. The molecule has 0 radical (unpaired) electrons. The molecular formula is C25H25ClN2O5S. The van der Waals surface area contributed by atoms with E-state index in [4.69, 9.17) is 21.1 Å². The predicted molar refractivity (Wildman–Crippen MR) is 131 cm³/mol. The molecule has 3 aromatic carbocycles. The smallest absolute Gasteiger partial charge is 0.261 e. The van der Waals surface area contributed by atoms with Crippen LogP contribution in [0.5, 0.6) is 11.5 Å². The average Bonchev–Trinajstić information content (AvgIpc) is 2.83. The molecule has 9 heteroatoms. The molecule has 0 saturated carbocycles. The number of aryl methyl sites for hydroxylation is 1. The molecule has 2 N–H and O–H groups in total. The minimum atomic E-state index is -3.83. The van der Waals surface area contributed by atoms with Crippen molar-refractivity contribution in [2.75, 3.05) is 18.4 Å². The third-order valence-corrected chi connectivity index (χ3v) is 7.31. The number of methoxy groups -OCH3 is 1. The third-order valence-electron chi connectivity index (χ3n) is 5.61. The van der Waals surface area contributed by atoms with Crippen molar-refractivity contribution >= 4 is 33.2 Å². The van der Waals surface area contributed by atoms with Gasteiger partial charge >= 0.3 is 0 Å². The van der Waals surface area contributed by atoms with Crippen LogP contribution in [0.15, 0.2) is 71.6 Å². The zero-order valence-electron chi connectivity index (χ0n) is 18.6. The van der Waals surface area contributed by atoms with Crippen molar-refractivity contribution in [3.8, 4) is 11.5 Å². The highest BCUT2D eigenvalue weighted by Crippen LogP contribution is 2.30. The number of rotatable bonds is 8. The van der Waals surface area contributed by atoms with Gasteiger partial charge in [0.15, 0.2) is 6.61 Å². The Morgan fingerprint density at radius 2 is 1.85 bits per heavy atom. The van der Waals surface area contributed by atoms with Crippen LogP contribution in [0.25, 0.3) is 0 Å². The number of amides is 1. The average molecular weight is 501 g/mol. The van der Waals surface area contributed by atoms with E-state index in [9.17, 15) is 13.2 Å². The highest BCUT2D eigenvalue weighted by atomic mass is 35.5. The summed E-state index contributed by atoms with van der Waals surface area (Å²) in [6, 6.07) is 18.6. The van der Waals surface area contributed by atoms with Crippen LogP contribution in [0.2, 0.25) is 5.02 Å². The van der Waals surface area contributed by atoms with Crippen molar-refractivity contribution in [1.82, 2.24) is 5.32 Å². The predicted octanol–water partition coefficient (Wildman–Crippen LogP) is 4.72. The first-order valence-electron chi connectivity index (χ1n) is 10.8. The molecule has 1 atom stereocenters. The van der Waals surface area contributed by atoms with E-state index >= 15 is 0 Å². The molecule has 7 nitrogen and oxygen atoms in total. The highest BCUT2D eigenvalue weighted by Gasteiger charge is 2.21. The lowest BCUT2D eigenvalue weighted by Gasteiger charge is -2.26. The van der Waals surface area contributed by atoms with Gasteiger partial charge in [-0.15, -0.1) is 0 Å². The fourth-order valence-corrected chi connectivity index (χ4v) is 5.25. The van der Waals surface area contributed by atoms with Crippen LogP contribution in [-0.4, -0.2) is 28.0 Å². The first-order chi connectivity index (χ1) is 16.4. The second kappa shape index (κ2) is 10.4. The van der Waals surface area contributed by atoms with Crippen LogP contribution in [0.4, 0.5) is 5.69 Å². The number of sulfonamides is 1. The molecule has 1 aliphatic carbocycles. The summed E-state index contributed by atoms with van der Waals surface area (Å²) in [6.45, 7) is -0.159. The van der Waals surface area contributed by atoms with E-state index in [2.05, 4.69) is 16.1 Å². The Hall–Kier alpha value is -3.23. The topological polar surface area (TPSA) is 93.7 Å². The number of carbonyl (C=O) groups excluding carboxylic acids is 1. The van der Waals surface area contributed by atoms with Crippen LogP contribution < -0.4 is 19.5 Å². The van der Waals surface area contributed by atoms with Crippen molar-refractivity contribution in [2.45, 2.75) is 30.2 Å². The summed E-state index contributed by atoms with van der Waals surface area (Å²) in [6.07, 6.45) is 2.94. The summed E-state index contributed by atoms with van der Waals surface area (Å²) < 4.78 is 38.5. The zero-order chi connectivity index (χ0) is 24.1. The van der Waals surface area contributed by atoms with Gasteiger partial charge in [0.25, 0.3) is 15.9 Å². The maximum Gasteiger partial charge on any atom is 0.261 e. The second-order valence-corrected chi connectivity index (χ2v) is 10.0. The van der Waals surface area contributed by atoms with Gasteiger partial charge in [-0.05, 0) is 72.9 Å². The van der Waals surface area contributed by atoms with Gasteiger partial charge in [0.1, 0.15) is 11.5 Å². The van der Waals surface area contributed by atoms with E-state index in [0.29, 0.717) is 22.2 Å². The molecule has 1 aliphatic rings. The molecule has 0 saturated heterocycles. The molecule has 4 rings (SSSR count). The van der Waals surface area contributed by atoms with Crippen molar-refractivity contribution in [3.05, 3.63) is 82.9 Å². The number of benzene rings is 3. The van der Waals surface area contributed by atoms with E-state index in [0.717, 1.165) is 24.8 Å². The first kappa shape index (κ1) is 23.9. The monoisotopic (exact) mass is 500 g/mol. The second-order valence-electron chi connectivity index (χ2n) is 7.93. The van der Waals surface area contributed by atoms with Crippen LogP contribution >= 0.6 is 11.6 Å². The SMILES string of the molecule is COc1ccc(NS(=O)(=O)c2ccc(OCC(=O)N[C@@H]3CCCc4ccccc43)cc2)cc1Cl. The summed E-state index contributed by atoms with van der Waals surface area (Å²) in [7, 11) is -2.35. The van der Waals surface area contributed by atoms with Gasteiger partial charge < -0.3 is 14.8 Å². The van der Waals surface area contributed by atoms with Gasteiger partial charge in [0.05, 0.1) is 28.8 Å². The van der Waals surface area contributed by atoms with Gasteiger partial charge in [-0.1, -0.05) is 35.9 Å². The van der Waals surface area contributed by atoms with E-state index in [1.165, 1.54) is 43.0 Å². The third kappa shape index (κ3) is 5.63. The Morgan fingerprint density at radius 1 is 1.09 bits per heavy atom. The van der Waals surface area contributed by atoms with Crippen molar-refractivity contribution in [3.63, 3.8) is 0 Å². The maximum atomic E-state index is 12.7. The summed E-state index contributed by atoms with van der Waals surface area (Å²) in [4.78, 5) is 12.5. The summed E-state index contributed by atoms with van der Waals surface area (Å²) in [5.41, 5.74) is 2.73. The van der Waals surface area contributed by atoms with Gasteiger partial charge in [-0.25, -0.2) is 8.42 Å². The number of hydrogen-bond donors (Lipinski definition) is 2. The lowest BCUT2D eigenvalue weighted by Crippen LogP contribution is -2.34.